The van der Waals surface area contributed by atoms with Gasteiger partial charge >= 0.3 is 0 Å². The fourth-order valence-electron chi connectivity index (χ4n) is 3.44. The number of ether oxygens (including phenoxy) is 1. The molecule has 0 saturated carbocycles. The Morgan fingerprint density at radius 2 is 1.54 bits per heavy atom. The zero-order valence-electron chi connectivity index (χ0n) is 14.6. The van der Waals surface area contributed by atoms with E-state index < -0.39 is 0 Å². The summed E-state index contributed by atoms with van der Waals surface area (Å²) < 4.78 is 5.43. The number of para-hydroxylation sites is 2. The van der Waals surface area contributed by atoms with Crippen LogP contribution < -0.4 is 14.5 Å². The van der Waals surface area contributed by atoms with Crippen LogP contribution in [0, 0.1) is 20.8 Å². The van der Waals surface area contributed by atoms with Gasteiger partial charge in [-0.3, -0.25) is 0 Å². The van der Waals surface area contributed by atoms with Crippen LogP contribution in [0.5, 0.6) is 5.75 Å². The van der Waals surface area contributed by atoms with Crippen LogP contribution in [0.1, 0.15) is 16.7 Å². The van der Waals surface area contributed by atoms with Gasteiger partial charge in [-0.1, -0.05) is 29.8 Å². The van der Waals surface area contributed by atoms with Crippen molar-refractivity contribution >= 4 is 17.3 Å². The zero-order chi connectivity index (χ0) is 16.6. The Bertz CT molecular complexity index is 737. The third-order valence-electron chi connectivity index (χ3n) is 4.31. The maximum absolute atomic E-state index is 10.8. The summed E-state index contributed by atoms with van der Waals surface area (Å²) in [6.45, 7) is 7.74. The van der Waals surface area contributed by atoms with E-state index >= 15 is 0 Å². The maximum Gasteiger partial charge on any atom is 0.128 e. The van der Waals surface area contributed by atoms with E-state index in [0.717, 1.165) is 30.2 Å². The Morgan fingerprint density at radius 3 is 2.17 bits per heavy atom. The van der Waals surface area contributed by atoms with Gasteiger partial charge in [-0.15, -0.1) is 0 Å². The van der Waals surface area contributed by atoms with Crippen molar-refractivity contribution in [2.24, 2.45) is 0 Å². The van der Waals surface area contributed by atoms with Gasteiger partial charge in [0.1, 0.15) is 5.75 Å². The first-order valence-electron chi connectivity index (χ1n) is 7.84. The number of rotatable bonds is 3. The van der Waals surface area contributed by atoms with Crippen LogP contribution >= 0.6 is 0 Å². The molecular formula is C19H22N3OZr-. The normalized spacial score (nSPS) is 13.9. The summed E-state index contributed by atoms with van der Waals surface area (Å²) in [6, 6.07) is 12.1. The molecule has 0 aliphatic carbocycles. The number of guanidine groups is 1. The number of anilines is 2. The summed E-state index contributed by atoms with van der Waals surface area (Å²) in [6.07, 6.45) is 0. The number of methoxy groups -OCH3 is 1. The van der Waals surface area contributed by atoms with Gasteiger partial charge in [0.15, 0.2) is 0 Å². The summed E-state index contributed by atoms with van der Waals surface area (Å²) in [5.74, 6) is 1.02. The molecule has 0 spiro atoms. The van der Waals surface area contributed by atoms with Crippen LogP contribution in [-0.2, 0) is 26.2 Å². The Kier molecular flexibility index (Phi) is 5.87. The molecule has 1 saturated heterocycles. The Morgan fingerprint density at radius 1 is 0.958 bits per heavy atom. The molecule has 5 heteroatoms. The first-order chi connectivity index (χ1) is 11.0. The molecule has 124 valence electrons. The molecule has 1 aliphatic heterocycles. The molecule has 3 rings (SSSR count). The van der Waals surface area contributed by atoms with E-state index in [-0.39, 0.29) is 32.2 Å². The largest absolute Gasteiger partial charge is 0.496 e. The quantitative estimate of drug-likeness (QED) is 0.786. The second kappa shape index (κ2) is 7.52. The fraction of sp³-hybridized carbons (Fsp3) is 0.316. The Hall–Kier alpha value is -1.61. The molecule has 0 atom stereocenters. The van der Waals surface area contributed by atoms with Crippen LogP contribution in [0.2, 0.25) is 0 Å². The smallest absolute Gasteiger partial charge is 0.128 e. The SMILES string of the molecule is COc1ccccc1N1CCN(c2c(C)cc(C)cc2C)C1=[N-].[Zr]. The minimum atomic E-state index is 0. The number of hydrogen-bond acceptors (Lipinski definition) is 1. The Labute approximate surface area is 163 Å². The van der Waals surface area contributed by atoms with Crippen molar-refractivity contribution in [2.75, 3.05) is 30.0 Å². The third-order valence-corrected chi connectivity index (χ3v) is 4.31. The minimum absolute atomic E-state index is 0. The summed E-state index contributed by atoms with van der Waals surface area (Å²) in [5.41, 5.74) is 5.57. The van der Waals surface area contributed by atoms with Crippen LogP contribution in [-0.4, -0.2) is 26.2 Å². The van der Waals surface area contributed by atoms with Crippen LogP contribution in [0.4, 0.5) is 11.4 Å². The molecule has 0 aromatic heterocycles. The molecular weight excluding hydrogens is 377 g/mol. The molecule has 1 fully saturated rings. The molecule has 2 aromatic carbocycles. The third kappa shape index (κ3) is 3.28. The van der Waals surface area contributed by atoms with Gasteiger partial charge in [0, 0.05) is 37.9 Å². The second-order valence-corrected chi connectivity index (χ2v) is 6.02. The molecule has 0 unspecified atom stereocenters. The molecule has 1 heterocycles. The van der Waals surface area contributed by atoms with Gasteiger partial charge in [0.05, 0.1) is 7.11 Å². The van der Waals surface area contributed by atoms with E-state index in [2.05, 4.69) is 32.9 Å². The van der Waals surface area contributed by atoms with Crippen LogP contribution in [0.3, 0.4) is 0 Å². The minimum Gasteiger partial charge on any atom is -0.496 e. The van der Waals surface area contributed by atoms with Gasteiger partial charge < -0.3 is 19.9 Å². The number of benzene rings is 2. The molecule has 4 nitrogen and oxygen atoms in total. The molecule has 0 N–H and O–H groups in total. The van der Waals surface area contributed by atoms with Gasteiger partial charge in [-0.2, -0.15) is 0 Å². The predicted octanol–water partition coefficient (Wildman–Crippen LogP) is 3.87. The van der Waals surface area contributed by atoms with E-state index in [1.807, 2.05) is 34.1 Å². The Balaban J connectivity index is 0.00000208. The molecule has 0 bridgehead atoms. The van der Waals surface area contributed by atoms with Crippen LogP contribution in [0.25, 0.3) is 5.41 Å². The summed E-state index contributed by atoms with van der Waals surface area (Å²) >= 11 is 0. The summed E-state index contributed by atoms with van der Waals surface area (Å²) in [4.78, 5) is 3.88. The average Bonchev–Trinajstić information content (AvgIpc) is 2.88. The van der Waals surface area contributed by atoms with Crippen molar-refractivity contribution in [3.8, 4) is 5.75 Å². The second-order valence-electron chi connectivity index (χ2n) is 6.02. The van der Waals surface area contributed by atoms with E-state index in [4.69, 9.17) is 4.74 Å². The van der Waals surface area contributed by atoms with E-state index in [1.54, 1.807) is 7.11 Å². The summed E-state index contributed by atoms with van der Waals surface area (Å²) in [7, 11) is 1.65. The predicted molar refractivity (Wildman–Crippen MR) is 96.7 cm³/mol. The van der Waals surface area contributed by atoms with Crippen molar-refractivity contribution in [2.45, 2.75) is 20.8 Å². The fourth-order valence-corrected chi connectivity index (χ4v) is 3.44. The van der Waals surface area contributed by atoms with E-state index in [9.17, 15) is 5.41 Å². The van der Waals surface area contributed by atoms with Crippen molar-refractivity contribution in [1.29, 1.82) is 0 Å². The number of aryl methyl sites for hydroxylation is 3. The molecule has 24 heavy (non-hydrogen) atoms. The van der Waals surface area contributed by atoms with E-state index in [1.165, 1.54) is 16.7 Å². The van der Waals surface area contributed by atoms with Crippen molar-refractivity contribution in [3.05, 3.63) is 58.5 Å². The van der Waals surface area contributed by atoms with E-state index in [0.29, 0.717) is 0 Å². The van der Waals surface area contributed by atoms with Crippen molar-refractivity contribution in [3.63, 3.8) is 0 Å². The van der Waals surface area contributed by atoms with Crippen molar-refractivity contribution in [1.82, 2.24) is 0 Å². The van der Waals surface area contributed by atoms with Gasteiger partial charge in [-0.25, -0.2) is 0 Å². The first-order valence-corrected chi connectivity index (χ1v) is 7.84. The monoisotopic (exact) mass is 398 g/mol. The van der Waals surface area contributed by atoms with Gasteiger partial charge in [-0.05, 0) is 62.8 Å². The standard InChI is InChI=1S/C19H22N3O.Zr/c1-13-11-14(2)18(15(3)12-13)22-10-9-21(19(22)20)16-7-5-6-8-17(16)23-4;/h5-8,11-12H,9-10H2,1-4H3;/q-1;. The molecule has 2 aromatic rings. The van der Waals surface area contributed by atoms with Crippen LogP contribution in [0.15, 0.2) is 36.4 Å². The van der Waals surface area contributed by atoms with Gasteiger partial charge in [0.25, 0.3) is 0 Å². The first kappa shape index (κ1) is 18.7. The van der Waals surface area contributed by atoms with Crippen molar-refractivity contribution < 1.29 is 30.9 Å². The maximum atomic E-state index is 10.8. The average molecular weight is 400 g/mol. The molecule has 0 amide bonds. The number of hydrogen-bond donors (Lipinski definition) is 0. The molecule has 0 radical (unpaired) electrons. The zero-order valence-corrected chi connectivity index (χ0v) is 17.1. The van der Waals surface area contributed by atoms with Gasteiger partial charge in [0.2, 0.25) is 0 Å². The topological polar surface area (TPSA) is 38.0 Å². The summed E-state index contributed by atoms with van der Waals surface area (Å²) in [5, 5.41) is 10.8. The number of nitrogens with zero attached hydrogens (tertiary/aromatic N) is 3. The molecule has 1 aliphatic rings.